The molecule has 1 fully saturated rings. The normalized spacial score (nSPS) is 16.7. The number of phenols is 1. The Labute approximate surface area is 119 Å². The molecule has 0 amide bonds. The molecule has 0 radical (unpaired) electrons. The summed E-state index contributed by atoms with van der Waals surface area (Å²) in [6.45, 7) is 3.55. The highest BCUT2D eigenvalue weighted by atomic mass is 16.4. The summed E-state index contributed by atoms with van der Waals surface area (Å²) in [7, 11) is 0. The number of carboxylic acids is 1. The molecule has 0 spiro atoms. The highest BCUT2D eigenvalue weighted by Crippen LogP contribution is 2.55. The van der Waals surface area contributed by atoms with Gasteiger partial charge in [-0.3, -0.25) is 4.79 Å². The first kappa shape index (κ1) is 12.3. The molecule has 1 aliphatic carbocycles. The van der Waals surface area contributed by atoms with Gasteiger partial charge < -0.3 is 19.0 Å². The Morgan fingerprint density at radius 1 is 1.10 bits per heavy atom. The highest BCUT2D eigenvalue weighted by Gasteiger charge is 2.54. The van der Waals surface area contributed by atoms with Crippen LogP contribution in [0.4, 0.5) is 0 Å². The van der Waals surface area contributed by atoms with Gasteiger partial charge in [0.15, 0.2) is 11.3 Å². The summed E-state index contributed by atoms with van der Waals surface area (Å²) in [6, 6.07) is 3.48. The van der Waals surface area contributed by atoms with E-state index in [-0.39, 0.29) is 5.75 Å². The number of aromatic hydroxyl groups is 1. The van der Waals surface area contributed by atoms with Crippen molar-refractivity contribution in [2.45, 2.75) is 32.1 Å². The Bertz CT molecular complexity index is 850. The quantitative estimate of drug-likeness (QED) is 0.751. The first-order chi connectivity index (χ1) is 9.94. The van der Waals surface area contributed by atoms with Crippen LogP contribution in [0.25, 0.3) is 21.9 Å². The van der Waals surface area contributed by atoms with Crippen LogP contribution in [0, 0.1) is 13.8 Å². The molecule has 0 unspecified atom stereocenters. The van der Waals surface area contributed by atoms with Crippen LogP contribution in [-0.4, -0.2) is 16.2 Å². The van der Waals surface area contributed by atoms with Crippen molar-refractivity contribution < 1.29 is 23.8 Å². The number of furan rings is 2. The van der Waals surface area contributed by atoms with E-state index in [0.717, 1.165) is 0 Å². The molecule has 1 aliphatic rings. The van der Waals surface area contributed by atoms with Gasteiger partial charge in [-0.05, 0) is 38.8 Å². The second kappa shape index (κ2) is 3.61. The van der Waals surface area contributed by atoms with Crippen molar-refractivity contribution >= 4 is 27.9 Å². The maximum atomic E-state index is 11.7. The molecule has 4 rings (SSSR count). The highest BCUT2D eigenvalue weighted by molar-refractivity contribution is 6.08. The molecule has 5 nitrogen and oxygen atoms in total. The topological polar surface area (TPSA) is 83.8 Å². The van der Waals surface area contributed by atoms with Gasteiger partial charge >= 0.3 is 5.97 Å². The zero-order valence-corrected chi connectivity index (χ0v) is 11.7. The van der Waals surface area contributed by atoms with Gasteiger partial charge in [-0.15, -0.1) is 0 Å². The molecule has 0 atom stereocenters. The zero-order chi connectivity index (χ0) is 14.9. The van der Waals surface area contributed by atoms with E-state index < -0.39 is 11.4 Å². The Morgan fingerprint density at radius 2 is 1.67 bits per heavy atom. The number of benzene rings is 1. The van der Waals surface area contributed by atoms with Crippen molar-refractivity contribution in [3.05, 3.63) is 29.2 Å². The standard InChI is InChI=1S/C16H14O5/c1-7-5-9-11(16(3-4-16)15(18)19)13-10(6-8(2)20-13)12(17)14(9)21-7/h5-6,17H,3-4H2,1-2H3,(H,18,19). The van der Waals surface area contributed by atoms with E-state index in [9.17, 15) is 15.0 Å². The fourth-order valence-corrected chi connectivity index (χ4v) is 3.17. The van der Waals surface area contributed by atoms with Crippen molar-refractivity contribution in [2.24, 2.45) is 0 Å². The lowest BCUT2D eigenvalue weighted by molar-refractivity contribution is -0.139. The molecule has 5 heteroatoms. The largest absolute Gasteiger partial charge is 0.504 e. The predicted octanol–water partition coefficient (Wildman–Crippen LogP) is 3.62. The minimum absolute atomic E-state index is 0.00916. The van der Waals surface area contributed by atoms with Gasteiger partial charge in [-0.25, -0.2) is 0 Å². The molecule has 0 aliphatic heterocycles. The Morgan fingerprint density at radius 3 is 2.24 bits per heavy atom. The molecule has 2 aromatic heterocycles. The summed E-state index contributed by atoms with van der Waals surface area (Å²) < 4.78 is 11.3. The monoisotopic (exact) mass is 286 g/mol. The average molecular weight is 286 g/mol. The molecular formula is C16H14O5. The molecular weight excluding hydrogens is 272 g/mol. The lowest BCUT2D eigenvalue weighted by Crippen LogP contribution is -2.20. The third-order valence-corrected chi connectivity index (χ3v) is 4.32. The second-order valence-electron chi connectivity index (χ2n) is 5.81. The molecule has 2 heterocycles. The molecule has 21 heavy (non-hydrogen) atoms. The van der Waals surface area contributed by atoms with Crippen LogP contribution in [0.1, 0.15) is 29.9 Å². The molecule has 1 aromatic carbocycles. The number of phenolic OH excluding ortho intramolecular Hbond substituents is 1. The van der Waals surface area contributed by atoms with Crippen LogP contribution in [-0.2, 0) is 10.2 Å². The molecule has 3 aromatic rings. The van der Waals surface area contributed by atoms with E-state index in [1.54, 1.807) is 26.0 Å². The van der Waals surface area contributed by atoms with Gasteiger partial charge in [0.2, 0.25) is 0 Å². The van der Waals surface area contributed by atoms with Gasteiger partial charge in [-0.1, -0.05) is 0 Å². The molecule has 1 saturated carbocycles. The van der Waals surface area contributed by atoms with E-state index in [4.69, 9.17) is 8.83 Å². The molecule has 108 valence electrons. The number of rotatable bonds is 2. The lowest BCUT2D eigenvalue weighted by atomic mass is 9.91. The molecule has 0 saturated heterocycles. The molecule has 0 bridgehead atoms. The maximum Gasteiger partial charge on any atom is 0.314 e. The van der Waals surface area contributed by atoms with Crippen molar-refractivity contribution in [1.29, 1.82) is 0 Å². The predicted molar refractivity (Wildman–Crippen MR) is 75.7 cm³/mol. The summed E-state index contributed by atoms with van der Waals surface area (Å²) in [5, 5.41) is 21.2. The van der Waals surface area contributed by atoms with Gasteiger partial charge in [0.05, 0.1) is 10.8 Å². The minimum Gasteiger partial charge on any atom is -0.504 e. The van der Waals surface area contributed by atoms with E-state index in [1.165, 1.54) is 0 Å². The van der Waals surface area contributed by atoms with Crippen LogP contribution in [0.3, 0.4) is 0 Å². The van der Waals surface area contributed by atoms with Crippen molar-refractivity contribution in [2.75, 3.05) is 0 Å². The van der Waals surface area contributed by atoms with Gasteiger partial charge in [0, 0.05) is 10.9 Å². The van der Waals surface area contributed by atoms with Crippen molar-refractivity contribution in [1.82, 2.24) is 0 Å². The number of aryl methyl sites for hydroxylation is 2. The summed E-state index contributed by atoms with van der Waals surface area (Å²) in [5.41, 5.74) is 0.495. The summed E-state index contributed by atoms with van der Waals surface area (Å²) >= 11 is 0. The summed E-state index contributed by atoms with van der Waals surface area (Å²) in [6.07, 6.45) is 1.14. The number of carbonyl (C=O) groups is 1. The Hall–Kier alpha value is -2.43. The number of fused-ring (bicyclic) bond motifs is 2. The zero-order valence-electron chi connectivity index (χ0n) is 11.7. The van der Waals surface area contributed by atoms with E-state index in [0.29, 0.717) is 51.9 Å². The fourth-order valence-electron chi connectivity index (χ4n) is 3.17. The SMILES string of the molecule is Cc1cc2c(C3(C(=O)O)CC3)c3oc(C)cc3c(O)c2o1. The third kappa shape index (κ3) is 1.43. The number of hydrogen-bond donors (Lipinski definition) is 2. The number of hydrogen-bond acceptors (Lipinski definition) is 4. The van der Waals surface area contributed by atoms with Crippen LogP contribution in [0.15, 0.2) is 21.0 Å². The smallest absolute Gasteiger partial charge is 0.314 e. The van der Waals surface area contributed by atoms with Gasteiger partial charge in [0.25, 0.3) is 0 Å². The maximum absolute atomic E-state index is 11.7. The first-order valence-corrected chi connectivity index (χ1v) is 6.83. The van der Waals surface area contributed by atoms with E-state index in [1.807, 2.05) is 0 Å². The molecule has 2 N–H and O–H groups in total. The van der Waals surface area contributed by atoms with E-state index >= 15 is 0 Å². The Kier molecular flexibility index (Phi) is 2.12. The fraction of sp³-hybridized carbons (Fsp3) is 0.312. The number of carboxylic acid groups (broad SMARTS) is 1. The average Bonchev–Trinajstić information content (AvgIpc) is 2.98. The van der Waals surface area contributed by atoms with E-state index in [2.05, 4.69) is 0 Å². The van der Waals surface area contributed by atoms with Crippen molar-refractivity contribution in [3.8, 4) is 5.75 Å². The first-order valence-electron chi connectivity index (χ1n) is 6.83. The number of aliphatic carboxylic acids is 1. The van der Waals surface area contributed by atoms with Crippen LogP contribution in [0.5, 0.6) is 5.75 Å². The van der Waals surface area contributed by atoms with Crippen LogP contribution >= 0.6 is 0 Å². The van der Waals surface area contributed by atoms with Gasteiger partial charge in [0.1, 0.15) is 17.1 Å². The van der Waals surface area contributed by atoms with Crippen LogP contribution < -0.4 is 0 Å². The van der Waals surface area contributed by atoms with Crippen molar-refractivity contribution in [3.63, 3.8) is 0 Å². The third-order valence-electron chi connectivity index (χ3n) is 4.32. The van der Waals surface area contributed by atoms with Crippen LogP contribution in [0.2, 0.25) is 0 Å². The minimum atomic E-state index is -0.926. The lowest BCUT2D eigenvalue weighted by Gasteiger charge is -2.12. The van der Waals surface area contributed by atoms with Gasteiger partial charge in [-0.2, -0.15) is 0 Å². The second-order valence-corrected chi connectivity index (χ2v) is 5.81. The summed E-state index contributed by atoms with van der Waals surface area (Å²) in [4.78, 5) is 11.7. The summed E-state index contributed by atoms with van der Waals surface area (Å²) in [5.74, 6) is 0.415. The Balaban J connectivity index is 2.24.